The number of Topliss-reactive ketones (excluding diaryl/α,β-unsaturated/α-hetero) is 1. The first kappa shape index (κ1) is 17.2. The Hall–Kier alpha value is -3.21. The van der Waals surface area contributed by atoms with Crippen LogP contribution in [0.4, 0.5) is 0 Å². The van der Waals surface area contributed by atoms with Gasteiger partial charge in [0.15, 0.2) is 11.0 Å². The molecule has 0 spiro atoms. The second kappa shape index (κ2) is 6.50. The molecule has 6 nitrogen and oxygen atoms in total. The van der Waals surface area contributed by atoms with E-state index in [1.54, 1.807) is 24.3 Å². The normalized spacial score (nSPS) is 21.3. The number of hydrazone groups is 1. The Morgan fingerprint density at radius 2 is 1.93 bits per heavy atom. The van der Waals surface area contributed by atoms with Crippen LogP contribution >= 0.6 is 11.8 Å². The van der Waals surface area contributed by atoms with Gasteiger partial charge in [-0.3, -0.25) is 10.2 Å². The van der Waals surface area contributed by atoms with E-state index in [9.17, 15) is 15.2 Å². The highest BCUT2D eigenvalue weighted by atomic mass is 32.2. The number of benzene rings is 2. The molecule has 0 saturated carbocycles. The summed E-state index contributed by atoms with van der Waals surface area (Å²) in [5, 5.41) is 25.2. The molecule has 0 radical (unpaired) electrons. The molecule has 1 atom stereocenters. The summed E-state index contributed by atoms with van der Waals surface area (Å²) in [6.07, 6.45) is 0. The number of allylic oxidation sites excluding steroid dienone is 1. The number of aliphatic hydroxyl groups is 1. The van der Waals surface area contributed by atoms with Crippen LogP contribution in [0.2, 0.25) is 0 Å². The summed E-state index contributed by atoms with van der Waals surface area (Å²) in [7, 11) is 0. The molecule has 0 amide bonds. The van der Waals surface area contributed by atoms with E-state index < -0.39 is 5.72 Å². The van der Waals surface area contributed by atoms with Gasteiger partial charge in [-0.15, -0.1) is 0 Å². The van der Waals surface area contributed by atoms with Gasteiger partial charge in [-0.25, -0.2) is 4.99 Å². The second-order valence-corrected chi connectivity index (χ2v) is 7.06. The summed E-state index contributed by atoms with van der Waals surface area (Å²) in [5.41, 5.74) is 3.34. The van der Waals surface area contributed by atoms with Crippen molar-refractivity contribution in [2.45, 2.75) is 12.6 Å². The largest absolute Gasteiger partial charge is 0.362 e. The molecule has 2 aliphatic rings. The number of hydrogen-bond acceptors (Lipinski definition) is 7. The summed E-state index contributed by atoms with van der Waals surface area (Å²) < 4.78 is 0. The van der Waals surface area contributed by atoms with Gasteiger partial charge in [-0.1, -0.05) is 54.6 Å². The maximum Gasteiger partial charge on any atom is 0.218 e. The van der Waals surface area contributed by atoms with E-state index in [1.807, 2.05) is 43.3 Å². The summed E-state index contributed by atoms with van der Waals surface area (Å²) in [4.78, 5) is 17.1. The van der Waals surface area contributed by atoms with Gasteiger partial charge in [0.25, 0.3) is 0 Å². The van der Waals surface area contributed by atoms with Crippen LogP contribution in [0.15, 0.2) is 75.2 Å². The minimum absolute atomic E-state index is 0.00510. The van der Waals surface area contributed by atoms with Gasteiger partial charge in [0.2, 0.25) is 5.72 Å². The van der Waals surface area contributed by atoms with Crippen LogP contribution in [0.1, 0.15) is 28.4 Å². The number of amidine groups is 1. The van der Waals surface area contributed by atoms with Gasteiger partial charge < -0.3 is 5.11 Å². The Kier molecular flexibility index (Phi) is 4.15. The quantitative estimate of drug-likeness (QED) is 0.622. The Bertz CT molecular complexity index is 1080. The van der Waals surface area contributed by atoms with E-state index in [2.05, 4.69) is 15.5 Å². The number of fused-ring (bicyclic) bond motifs is 3. The Morgan fingerprint density at radius 1 is 1.22 bits per heavy atom. The molecule has 132 valence electrons. The van der Waals surface area contributed by atoms with Gasteiger partial charge in [-0.05, 0) is 24.2 Å². The first-order chi connectivity index (χ1) is 13.0. The maximum atomic E-state index is 12.7. The fourth-order valence-electron chi connectivity index (χ4n) is 3.11. The lowest BCUT2D eigenvalue weighted by molar-refractivity contribution is 0.0807. The molecule has 2 N–H and O–H groups in total. The molecule has 0 bridgehead atoms. The minimum atomic E-state index is -1.87. The maximum absolute atomic E-state index is 12.7. The average molecular weight is 374 g/mol. The summed E-state index contributed by atoms with van der Waals surface area (Å²) in [6.45, 7) is 1.84. The van der Waals surface area contributed by atoms with E-state index in [0.29, 0.717) is 11.1 Å². The van der Waals surface area contributed by atoms with Crippen molar-refractivity contribution < 1.29 is 9.90 Å². The molecule has 7 heteroatoms. The molecule has 1 unspecified atom stereocenters. The third-order valence-electron chi connectivity index (χ3n) is 4.42. The molecular formula is C20H14N4O2S. The van der Waals surface area contributed by atoms with E-state index >= 15 is 0 Å². The number of nitriles is 1. The number of hydrogen-bond donors (Lipinski definition) is 2. The fraction of sp³-hybridized carbons (Fsp3) is 0.100. The minimum Gasteiger partial charge on any atom is -0.362 e. The van der Waals surface area contributed by atoms with Crippen molar-refractivity contribution in [3.05, 3.63) is 81.8 Å². The fourth-order valence-corrected chi connectivity index (χ4v) is 3.96. The van der Waals surface area contributed by atoms with Crippen molar-refractivity contribution in [2.75, 3.05) is 0 Å². The topological polar surface area (TPSA) is 97.8 Å². The first-order valence-corrected chi connectivity index (χ1v) is 9.01. The second-order valence-electron chi connectivity index (χ2n) is 6.06. The predicted octanol–water partition coefficient (Wildman–Crippen LogP) is 2.92. The number of aliphatic imine (C=N–C) groups is 1. The molecule has 2 aromatic carbocycles. The number of thioether (sulfide) groups is 1. The van der Waals surface area contributed by atoms with Crippen LogP contribution in [0.25, 0.3) is 0 Å². The number of carbonyl (C=O) groups is 1. The Balaban J connectivity index is 1.72. The van der Waals surface area contributed by atoms with Gasteiger partial charge >= 0.3 is 0 Å². The van der Waals surface area contributed by atoms with Crippen LogP contribution in [0.3, 0.4) is 0 Å². The first-order valence-electron chi connectivity index (χ1n) is 8.19. The SMILES string of the molecule is C/C(=N/NC1=NC2(O)C(=C(C#N)S1)C(=O)c1ccccc12)c1ccccc1. The lowest BCUT2D eigenvalue weighted by Gasteiger charge is -2.26. The smallest absolute Gasteiger partial charge is 0.218 e. The average Bonchev–Trinajstić information content (AvgIpc) is 2.94. The van der Waals surface area contributed by atoms with E-state index in [1.165, 1.54) is 0 Å². The van der Waals surface area contributed by atoms with E-state index in [-0.39, 0.29) is 21.4 Å². The highest BCUT2D eigenvalue weighted by Gasteiger charge is 2.51. The number of carbonyl (C=O) groups excluding carboxylic acids is 1. The number of nitrogens with one attached hydrogen (secondary N) is 1. The zero-order chi connectivity index (χ0) is 19.0. The van der Waals surface area contributed by atoms with Crippen molar-refractivity contribution in [1.82, 2.24) is 5.43 Å². The van der Waals surface area contributed by atoms with Crippen molar-refractivity contribution in [2.24, 2.45) is 10.1 Å². The van der Waals surface area contributed by atoms with Crippen molar-refractivity contribution in [1.29, 1.82) is 5.26 Å². The molecular weight excluding hydrogens is 360 g/mol. The highest BCUT2D eigenvalue weighted by molar-refractivity contribution is 8.17. The van der Waals surface area contributed by atoms with Gasteiger partial charge in [-0.2, -0.15) is 10.4 Å². The van der Waals surface area contributed by atoms with Crippen molar-refractivity contribution >= 4 is 28.4 Å². The third kappa shape index (κ3) is 2.76. The monoisotopic (exact) mass is 374 g/mol. The highest BCUT2D eigenvalue weighted by Crippen LogP contribution is 2.48. The van der Waals surface area contributed by atoms with E-state index in [0.717, 1.165) is 23.0 Å². The molecule has 2 aromatic rings. The Morgan fingerprint density at radius 3 is 2.67 bits per heavy atom. The third-order valence-corrected chi connectivity index (χ3v) is 5.30. The number of rotatable bonds is 2. The van der Waals surface area contributed by atoms with E-state index in [4.69, 9.17) is 0 Å². The van der Waals surface area contributed by atoms with Crippen LogP contribution in [-0.4, -0.2) is 21.8 Å². The summed E-state index contributed by atoms with van der Waals surface area (Å²) >= 11 is 0.987. The number of nitrogens with zero attached hydrogens (tertiary/aromatic N) is 3. The molecule has 4 rings (SSSR count). The van der Waals surface area contributed by atoms with Crippen LogP contribution in [0, 0.1) is 11.3 Å². The van der Waals surface area contributed by atoms with Crippen molar-refractivity contribution in [3.8, 4) is 6.07 Å². The van der Waals surface area contributed by atoms with Crippen LogP contribution < -0.4 is 5.43 Å². The molecule has 1 heterocycles. The summed E-state index contributed by atoms with van der Waals surface area (Å²) in [5.74, 6) is -0.371. The van der Waals surface area contributed by atoms with Gasteiger partial charge in [0.05, 0.1) is 11.3 Å². The molecule has 0 fully saturated rings. The molecule has 1 aliphatic heterocycles. The Labute approximate surface area is 159 Å². The van der Waals surface area contributed by atoms with Crippen LogP contribution in [-0.2, 0) is 5.72 Å². The predicted molar refractivity (Wildman–Crippen MR) is 104 cm³/mol. The molecule has 1 aliphatic carbocycles. The van der Waals surface area contributed by atoms with Crippen LogP contribution in [0.5, 0.6) is 0 Å². The molecule has 27 heavy (non-hydrogen) atoms. The zero-order valence-electron chi connectivity index (χ0n) is 14.3. The molecule has 0 saturated heterocycles. The lowest BCUT2D eigenvalue weighted by Crippen LogP contribution is -2.32. The number of ketones is 1. The van der Waals surface area contributed by atoms with Crippen molar-refractivity contribution in [3.63, 3.8) is 0 Å². The standard InChI is InChI=1S/C20H14N4O2S/c1-12(13-7-3-2-4-8-13)23-24-19-22-20(26)15-10-6-5-9-14(15)18(25)17(20)16(11-21)27-19/h2-10,26H,1H3,(H,22,24)/b23-12-. The van der Waals surface area contributed by atoms with Gasteiger partial charge in [0.1, 0.15) is 11.0 Å². The lowest BCUT2D eigenvalue weighted by atomic mass is 10.0. The van der Waals surface area contributed by atoms with Gasteiger partial charge in [0, 0.05) is 11.1 Å². The summed E-state index contributed by atoms with van der Waals surface area (Å²) in [6, 6.07) is 18.3. The molecule has 0 aromatic heterocycles. The zero-order valence-corrected chi connectivity index (χ0v) is 15.1.